The molecule has 1 aromatic rings. The first-order valence-corrected chi connectivity index (χ1v) is 7.04. The highest BCUT2D eigenvalue weighted by Gasteiger charge is 2.21. The summed E-state index contributed by atoms with van der Waals surface area (Å²) in [6.07, 6.45) is 1.29. The van der Waals surface area contributed by atoms with Crippen LogP contribution >= 0.6 is 0 Å². The monoisotopic (exact) mass is 261 g/mol. The van der Waals surface area contributed by atoms with Crippen LogP contribution in [0.25, 0.3) is 0 Å². The Labute approximate surface area is 115 Å². The van der Waals surface area contributed by atoms with Gasteiger partial charge in [-0.15, -0.1) is 0 Å². The summed E-state index contributed by atoms with van der Waals surface area (Å²) in [6.45, 7) is 9.15. The maximum absolute atomic E-state index is 12.4. The van der Waals surface area contributed by atoms with Crippen LogP contribution in [0.1, 0.15) is 34.8 Å². The van der Waals surface area contributed by atoms with E-state index in [9.17, 15) is 4.79 Å². The molecule has 0 radical (unpaired) electrons. The van der Waals surface area contributed by atoms with Gasteiger partial charge >= 0.3 is 0 Å². The summed E-state index contributed by atoms with van der Waals surface area (Å²) >= 11 is 0. The van der Waals surface area contributed by atoms with Gasteiger partial charge in [-0.2, -0.15) is 0 Å². The van der Waals surface area contributed by atoms with E-state index >= 15 is 0 Å². The zero-order valence-electron chi connectivity index (χ0n) is 12.1. The molecule has 0 amide bonds. The molecular formula is C16H23NO2. The number of carbonyl (C=O) groups is 1. The van der Waals surface area contributed by atoms with Crippen LogP contribution < -0.4 is 0 Å². The number of ether oxygens (including phenoxy) is 1. The average molecular weight is 261 g/mol. The summed E-state index contributed by atoms with van der Waals surface area (Å²) in [7, 11) is 0. The molecule has 1 aliphatic rings. The Kier molecular flexibility index (Phi) is 4.72. The van der Waals surface area contributed by atoms with Crippen LogP contribution in [-0.4, -0.2) is 43.0 Å². The van der Waals surface area contributed by atoms with Crippen molar-refractivity contribution in [3.63, 3.8) is 0 Å². The Morgan fingerprint density at radius 3 is 2.89 bits per heavy atom. The minimum atomic E-state index is 0.217. The van der Waals surface area contributed by atoms with E-state index in [1.165, 1.54) is 5.56 Å². The van der Waals surface area contributed by atoms with Crippen LogP contribution in [0.2, 0.25) is 0 Å². The largest absolute Gasteiger partial charge is 0.376 e. The van der Waals surface area contributed by atoms with Crippen molar-refractivity contribution in [2.45, 2.75) is 33.3 Å². The second-order valence-corrected chi connectivity index (χ2v) is 5.38. The van der Waals surface area contributed by atoms with E-state index in [2.05, 4.69) is 24.8 Å². The lowest BCUT2D eigenvalue weighted by molar-refractivity contribution is -0.0271. The number of Topliss-reactive ketones (excluding diaryl/α,β-unsaturated/α-hetero) is 1. The van der Waals surface area contributed by atoms with Gasteiger partial charge < -0.3 is 4.74 Å². The first-order valence-electron chi connectivity index (χ1n) is 7.04. The van der Waals surface area contributed by atoms with Crippen LogP contribution in [-0.2, 0) is 4.74 Å². The molecular weight excluding hydrogens is 238 g/mol. The van der Waals surface area contributed by atoms with Crippen molar-refractivity contribution >= 4 is 5.78 Å². The molecule has 104 valence electrons. The number of nitrogens with zero attached hydrogens (tertiary/aromatic N) is 1. The first-order chi connectivity index (χ1) is 9.10. The van der Waals surface area contributed by atoms with Crippen molar-refractivity contribution in [3.8, 4) is 0 Å². The summed E-state index contributed by atoms with van der Waals surface area (Å²) in [5, 5.41) is 0. The molecule has 1 atom stereocenters. The lowest BCUT2D eigenvalue weighted by Gasteiger charge is -2.32. The molecule has 0 bridgehead atoms. The lowest BCUT2D eigenvalue weighted by Crippen LogP contribution is -2.44. The molecule has 1 aromatic carbocycles. The number of morpholine rings is 1. The van der Waals surface area contributed by atoms with Crippen molar-refractivity contribution in [2.24, 2.45) is 0 Å². The molecule has 19 heavy (non-hydrogen) atoms. The third kappa shape index (κ3) is 3.64. The van der Waals surface area contributed by atoms with Crippen molar-refractivity contribution in [2.75, 3.05) is 26.2 Å². The molecule has 1 aliphatic heterocycles. The Hall–Kier alpha value is -1.19. The minimum absolute atomic E-state index is 0.217. The molecule has 3 heteroatoms. The van der Waals surface area contributed by atoms with E-state index in [0.717, 1.165) is 37.2 Å². The van der Waals surface area contributed by atoms with E-state index in [0.29, 0.717) is 6.54 Å². The number of aryl methyl sites for hydroxylation is 2. The Bertz CT molecular complexity index is 456. The number of hydrogen-bond donors (Lipinski definition) is 0. The van der Waals surface area contributed by atoms with Crippen LogP contribution in [0.5, 0.6) is 0 Å². The molecule has 1 fully saturated rings. The first kappa shape index (κ1) is 14.2. The summed E-state index contributed by atoms with van der Waals surface area (Å²) in [6, 6.07) is 6.03. The van der Waals surface area contributed by atoms with Crippen molar-refractivity contribution in [1.82, 2.24) is 4.90 Å². The number of rotatable bonds is 4. The van der Waals surface area contributed by atoms with Gasteiger partial charge in [0.25, 0.3) is 0 Å². The van der Waals surface area contributed by atoms with E-state index in [1.807, 2.05) is 19.1 Å². The molecule has 0 spiro atoms. The molecule has 1 unspecified atom stereocenters. The van der Waals surface area contributed by atoms with Crippen molar-refractivity contribution < 1.29 is 9.53 Å². The molecule has 3 nitrogen and oxygen atoms in total. The van der Waals surface area contributed by atoms with Crippen molar-refractivity contribution in [3.05, 3.63) is 34.9 Å². The summed E-state index contributed by atoms with van der Waals surface area (Å²) in [5.74, 6) is 0.217. The smallest absolute Gasteiger partial charge is 0.177 e. The van der Waals surface area contributed by atoms with Gasteiger partial charge in [0.05, 0.1) is 19.3 Å². The van der Waals surface area contributed by atoms with Gasteiger partial charge in [-0.3, -0.25) is 9.69 Å². The SMILES string of the molecule is CCC1CN(CC(=O)c2ccc(C)cc2C)CCO1. The second kappa shape index (κ2) is 6.31. The number of benzene rings is 1. The Balaban J connectivity index is 2.00. The van der Waals surface area contributed by atoms with Crippen molar-refractivity contribution in [1.29, 1.82) is 0 Å². The fourth-order valence-electron chi connectivity index (χ4n) is 2.59. The third-order valence-electron chi connectivity index (χ3n) is 3.73. The standard InChI is InChI=1S/C16H23NO2/c1-4-14-10-17(7-8-19-14)11-16(18)15-6-5-12(2)9-13(15)3/h5-6,9,14H,4,7-8,10-11H2,1-3H3. The van der Waals surface area contributed by atoms with E-state index in [-0.39, 0.29) is 11.9 Å². The number of ketones is 1. The molecule has 0 aromatic heterocycles. The normalized spacial score (nSPS) is 20.5. The predicted octanol–water partition coefficient (Wildman–Crippen LogP) is 2.60. The van der Waals surface area contributed by atoms with Gasteiger partial charge in [-0.05, 0) is 25.8 Å². The summed E-state index contributed by atoms with van der Waals surface area (Å²) < 4.78 is 5.63. The summed E-state index contributed by atoms with van der Waals surface area (Å²) in [5.41, 5.74) is 3.13. The molecule has 0 saturated carbocycles. The van der Waals surface area contributed by atoms with Crippen LogP contribution in [0.15, 0.2) is 18.2 Å². The highest BCUT2D eigenvalue weighted by molar-refractivity contribution is 5.98. The topological polar surface area (TPSA) is 29.5 Å². The quantitative estimate of drug-likeness (QED) is 0.780. The zero-order valence-corrected chi connectivity index (χ0v) is 12.1. The molecule has 2 rings (SSSR count). The fraction of sp³-hybridized carbons (Fsp3) is 0.562. The Morgan fingerprint density at radius 1 is 1.42 bits per heavy atom. The maximum Gasteiger partial charge on any atom is 0.177 e. The fourth-order valence-corrected chi connectivity index (χ4v) is 2.59. The molecule has 1 saturated heterocycles. The molecule has 1 heterocycles. The van der Waals surface area contributed by atoms with Gasteiger partial charge in [-0.25, -0.2) is 0 Å². The molecule has 0 aliphatic carbocycles. The highest BCUT2D eigenvalue weighted by Crippen LogP contribution is 2.14. The third-order valence-corrected chi connectivity index (χ3v) is 3.73. The van der Waals surface area contributed by atoms with Gasteiger partial charge in [0, 0.05) is 18.7 Å². The molecule has 0 N–H and O–H groups in total. The van der Waals surface area contributed by atoms with Gasteiger partial charge in [0.2, 0.25) is 0 Å². The van der Waals surface area contributed by atoms with Gasteiger partial charge in [0.1, 0.15) is 0 Å². The van der Waals surface area contributed by atoms with Gasteiger partial charge in [-0.1, -0.05) is 30.7 Å². The lowest BCUT2D eigenvalue weighted by atomic mass is 10.0. The average Bonchev–Trinajstić information content (AvgIpc) is 2.38. The van der Waals surface area contributed by atoms with Crippen LogP contribution in [0, 0.1) is 13.8 Å². The minimum Gasteiger partial charge on any atom is -0.376 e. The number of hydrogen-bond acceptors (Lipinski definition) is 3. The summed E-state index contributed by atoms with van der Waals surface area (Å²) in [4.78, 5) is 14.6. The Morgan fingerprint density at radius 2 is 2.21 bits per heavy atom. The zero-order chi connectivity index (χ0) is 13.8. The predicted molar refractivity (Wildman–Crippen MR) is 76.7 cm³/mol. The van der Waals surface area contributed by atoms with E-state index in [4.69, 9.17) is 4.74 Å². The second-order valence-electron chi connectivity index (χ2n) is 5.38. The van der Waals surface area contributed by atoms with Crippen LogP contribution in [0.4, 0.5) is 0 Å². The van der Waals surface area contributed by atoms with Crippen LogP contribution in [0.3, 0.4) is 0 Å². The maximum atomic E-state index is 12.4. The number of carbonyl (C=O) groups excluding carboxylic acids is 1. The van der Waals surface area contributed by atoms with E-state index < -0.39 is 0 Å². The van der Waals surface area contributed by atoms with Gasteiger partial charge in [0.15, 0.2) is 5.78 Å². The van der Waals surface area contributed by atoms with E-state index in [1.54, 1.807) is 0 Å². The highest BCUT2D eigenvalue weighted by atomic mass is 16.5.